The lowest BCUT2D eigenvalue weighted by atomic mass is 10.2. The van der Waals surface area contributed by atoms with E-state index in [1.807, 2.05) is 37.3 Å². The summed E-state index contributed by atoms with van der Waals surface area (Å²) < 4.78 is 12.2. The second kappa shape index (κ2) is 10.7. The molecule has 0 heterocycles. The molecule has 0 saturated carbocycles. The fourth-order valence-electron chi connectivity index (χ4n) is 1.79. The van der Waals surface area contributed by atoms with E-state index in [1.165, 1.54) is 0 Å². The Balaban J connectivity index is 2.40. The van der Waals surface area contributed by atoms with Gasteiger partial charge in [0, 0.05) is 40.1 Å². The number of thioether (sulfide) groups is 1. The zero-order valence-electron chi connectivity index (χ0n) is 14.6. The highest BCUT2D eigenvalue weighted by atomic mass is 32.2. The number of aliphatic imine (C=N–C) groups is 1. The van der Waals surface area contributed by atoms with Gasteiger partial charge in [0.1, 0.15) is 0 Å². The van der Waals surface area contributed by atoms with Gasteiger partial charge in [-0.15, -0.1) is 0 Å². The summed E-state index contributed by atoms with van der Waals surface area (Å²) in [6, 6.07) is 9.97. The maximum absolute atomic E-state index is 12.1. The third kappa shape index (κ3) is 9.01. The lowest BCUT2D eigenvalue weighted by Gasteiger charge is -2.20. The predicted octanol–water partition coefficient (Wildman–Crippen LogP) is 2.63. The number of hydrogen-bond acceptors (Lipinski definition) is 3. The molecule has 0 aromatic heterocycles. The van der Waals surface area contributed by atoms with Crippen molar-refractivity contribution in [3.63, 3.8) is 0 Å². The molecule has 0 spiro atoms. The van der Waals surface area contributed by atoms with E-state index in [0.29, 0.717) is 18.1 Å². The molecule has 0 saturated heterocycles. The fraction of sp³-hybridized carbons (Fsp3) is 0.588. The minimum atomic E-state index is -0.863. The Bertz CT molecular complexity index is 504. The summed E-state index contributed by atoms with van der Waals surface area (Å²) in [6.45, 7) is 8.63. The topological polar surface area (TPSA) is 53.5 Å². The fourth-order valence-corrected chi connectivity index (χ4v) is 3.02. The van der Waals surface area contributed by atoms with E-state index in [4.69, 9.17) is 0 Å². The molecule has 2 N–H and O–H groups in total. The molecule has 6 heteroatoms. The lowest BCUT2D eigenvalue weighted by molar-refractivity contribution is 0.680. The molecule has 0 aliphatic heterocycles. The first kappa shape index (κ1) is 20.0. The molecule has 0 bridgehead atoms. The summed E-state index contributed by atoms with van der Waals surface area (Å²) in [5.74, 6) is 2.02. The third-order valence-corrected chi connectivity index (χ3v) is 5.86. The van der Waals surface area contributed by atoms with Crippen LogP contribution in [-0.2, 0) is 16.6 Å². The Kier molecular flexibility index (Phi) is 9.33. The zero-order chi connectivity index (χ0) is 17.1. The molecule has 0 amide bonds. The van der Waals surface area contributed by atoms with Gasteiger partial charge in [-0.05, 0) is 32.6 Å². The molecule has 1 unspecified atom stereocenters. The molecule has 0 aliphatic rings. The number of guanidine groups is 1. The van der Waals surface area contributed by atoms with Crippen LogP contribution < -0.4 is 10.6 Å². The Morgan fingerprint density at radius 1 is 1.26 bits per heavy atom. The van der Waals surface area contributed by atoms with Crippen LogP contribution in [0, 0.1) is 0 Å². The first-order valence-corrected chi connectivity index (χ1v) is 10.6. The molecule has 1 rings (SSSR count). The third-order valence-electron chi connectivity index (χ3n) is 3.31. The van der Waals surface area contributed by atoms with Gasteiger partial charge in [0.05, 0.1) is 6.54 Å². The van der Waals surface area contributed by atoms with Gasteiger partial charge in [-0.2, -0.15) is 11.8 Å². The maximum atomic E-state index is 12.1. The summed E-state index contributed by atoms with van der Waals surface area (Å²) in [4.78, 5) is 4.61. The van der Waals surface area contributed by atoms with Gasteiger partial charge in [-0.25, -0.2) is 0 Å². The summed E-state index contributed by atoms with van der Waals surface area (Å²) in [6.07, 6.45) is 2.10. The molecule has 1 atom stereocenters. The van der Waals surface area contributed by atoms with Crippen LogP contribution in [0.3, 0.4) is 0 Å². The standard InChI is InChI=1S/C17H29N3OS2/c1-5-18-16(20-14-17(2,3)22-4)19-11-12-23(21)13-15-9-7-6-8-10-15/h6-10H,5,11-14H2,1-4H3,(H2,18,19,20). The number of nitrogens with zero attached hydrogens (tertiary/aromatic N) is 1. The molecule has 1 aromatic carbocycles. The van der Waals surface area contributed by atoms with Crippen molar-refractivity contribution >= 4 is 28.5 Å². The molecule has 1 aromatic rings. The number of rotatable bonds is 9. The SMILES string of the molecule is CCNC(=NCC(C)(C)SC)NCCS(=O)Cc1ccccc1. The van der Waals surface area contributed by atoms with Crippen molar-refractivity contribution in [1.29, 1.82) is 0 Å². The number of hydrogen-bond donors (Lipinski definition) is 2. The van der Waals surface area contributed by atoms with E-state index >= 15 is 0 Å². The van der Waals surface area contributed by atoms with Crippen LogP contribution in [0.2, 0.25) is 0 Å². The van der Waals surface area contributed by atoms with Crippen LogP contribution in [-0.4, -0.2) is 46.6 Å². The highest BCUT2D eigenvalue weighted by Gasteiger charge is 2.15. The van der Waals surface area contributed by atoms with Crippen molar-refractivity contribution in [2.45, 2.75) is 31.3 Å². The molecule has 130 valence electrons. The Labute approximate surface area is 147 Å². The van der Waals surface area contributed by atoms with Crippen LogP contribution in [0.4, 0.5) is 0 Å². The average Bonchev–Trinajstić information content (AvgIpc) is 2.53. The van der Waals surface area contributed by atoms with E-state index < -0.39 is 10.8 Å². The van der Waals surface area contributed by atoms with Crippen molar-refractivity contribution < 1.29 is 4.21 Å². The first-order chi connectivity index (χ1) is 11.0. The maximum Gasteiger partial charge on any atom is 0.191 e. The molecule has 0 radical (unpaired) electrons. The zero-order valence-corrected chi connectivity index (χ0v) is 16.2. The van der Waals surface area contributed by atoms with Crippen LogP contribution in [0.15, 0.2) is 35.3 Å². The molecule has 0 aliphatic carbocycles. The van der Waals surface area contributed by atoms with Gasteiger partial charge < -0.3 is 10.6 Å². The van der Waals surface area contributed by atoms with E-state index in [1.54, 1.807) is 11.8 Å². The lowest BCUT2D eigenvalue weighted by Crippen LogP contribution is -2.40. The largest absolute Gasteiger partial charge is 0.357 e. The quantitative estimate of drug-likeness (QED) is 0.528. The van der Waals surface area contributed by atoms with Crippen LogP contribution in [0.1, 0.15) is 26.3 Å². The van der Waals surface area contributed by atoms with Crippen molar-refractivity contribution in [1.82, 2.24) is 10.6 Å². The van der Waals surface area contributed by atoms with Crippen LogP contribution in [0.5, 0.6) is 0 Å². The smallest absolute Gasteiger partial charge is 0.191 e. The van der Waals surface area contributed by atoms with Gasteiger partial charge >= 0.3 is 0 Å². The predicted molar refractivity (Wildman–Crippen MR) is 105 cm³/mol. The Hall–Kier alpha value is -1.01. The van der Waals surface area contributed by atoms with Gasteiger partial charge in [0.15, 0.2) is 5.96 Å². The van der Waals surface area contributed by atoms with Crippen LogP contribution in [0.25, 0.3) is 0 Å². The van der Waals surface area contributed by atoms with Crippen molar-refractivity contribution in [2.24, 2.45) is 4.99 Å². The second-order valence-corrected chi connectivity index (χ2v) is 8.95. The summed E-state index contributed by atoms with van der Waals surface area (Å²) in [5.41, 5.74) is 1.12. The van der Waals surface area contributed by atoms with Gasteiger partial charge in [0.25, 0.3) is 0 Å². The minimum Gasteiger partial charge on any atom is -0.357 e. The summed E-state index contributed by atoms with van der Waals surface area (Å²) in [7, 11) is -0.863. The Morgan fingerprint density at radius 3 is 2.57 bits per heavy atom. The minimum absolute atomic E-state index is 0.123. The molecular weight excluding hydrogens is 326 g/mol. The Morgan fingerprint density at radius 2 is 1.96 bits per heavy atom. The monoisotopic (exact) mass is 355 g/mol. The van der Waals surface area contributed by atoms with E-state index in [-0.39, 0.29) is 4.75 Å². The average molecular weight is 356 g/mol. The molecular formula is C17H29N3OS2. The highest BCUT2D eigenvalue weighted by Crippen LogP contribution is 2.20. The van der Waals surface area contributed by atoms with Crippen molar-refractivity contribution in [3.05, 3.63) is 35.9 Å². The van der Waals surface area contributed by atoms with Crippen LogP contribution >= 0.6 is 11.8 Å². The van der Waals surface area contributed by atoms with Gasteiger partial charge in [-0.1, -0.05) is 30.3 Å². The highest BCUT2D eigenvalue weighted by molar-refractivity contribution is 7.99. The van der Waals surface area contributed by atoms with Gasteiger partial charge in [-0.3, -0.25) is 9.20 Å². The molecule has 4 nitrogen and oxygen atoms in total. The van der Waals surface area contributed by atoms with E-state index in [2.05, 4.69) is 35.7 Å². The van der Waals surface area contributed by atoms with Gasteiger partial charge in [0.2, 0.25) is 0 Å². The van der Waals surface area contributed by atoms with Crippen molar-refractivity contribution in [3.8, 4) is 0 Å². The summed E-state index contributed by atoms with van der Waals surface area (Å²) >= 11 is 1.81. The second-order valence-electron chi connectivity index (χ2n) is 5.86. The number of nitrogens with one attached hydrogen (secondary N) is 2. The van der Waals surface area contributed by atoms with E-state index in [0.717, 1.165) is 24.6 Å². The van der Waals surface area contributed by atoms with Crippen molar-refractivity contribution in [2.75, 3.05) is 31.6 Å². The molecule has 0 fully saturated rings. The van der Waals surface area contributed by atoms with E-state index in [9.17, 15) is 4.21 Å². The summed E-state index contributed by atoms with van der Waals surface area (Å²) in [5, 5.41) is 6.50. The number of benzene rings is 1. The molecule has 23 heavy (non-hydrogen) atoms. The normalized spacial score (nSPS) is 13.7. The first-order valence-electron chi connectivity index (χ1n) is 7.93.